The average molecular weight is 275 g/mol. The Bertz CT molecular complexity index is 514. The molecule has 6 heteroatoms. The molecule has 0 heterocycles. The highest BCUT2D eigenvalue weighted by atomic mass is 32.2. The van der Waals surface area contributed by atoms with Gasteiger partial charge in [0.05, 0.1) is 11.5 Å². The fraction of sp³-hybridized carbons (Fsp3) is 0.500. The minimum absolute atomic E-state index is 0.00361. The summed E-state index contributed by atoms with van der Waals surface area (Å²) in [5.41, 5.74) is -0.0194. The highest BCUT2D eigenvalue weighted by molar-refractivity contribution is 7.89. The third kappa shape index (κ3) is 3.28. The van der Waals surface area contributed by atoms with Gasteiger partial charge in [0.1, 0.15) is 5.82 Å². The first-order valence-corrected chi connectivity index (χ1v) is 7.08. The van der Waals surface area contributed by atoms with Crippen molar-refractivity contribution in [3.8, 4) is 0 Å². The van der Waals surface area contributed by atoms with E-state index in [9.17, 15) is 12.8 Å². The zero-order chi connectivity index (χ0) is 13.9. The number of aliphatic hydroxyl groups is 1. The zero-order valence-electron chi connectivity index (χ0n) is 10.7. The van der Waals surface area contributed by atoms with Crippen molar-refractivity contribution in [1.29, 1.82) is 0 Å². The number of sulfonamides is 1. The van der Waals surface area contributed by atoms with Gasteiger partial charge in [-0.1, -0.05) is 13.8 Å². The third-order valence-corrected chi connectivity index (χ3v) is 4.34. The van der Waals surface area contributed by atoms with Gasteiger partial charge in [0, 0.05) is 19.2 Å². The standard InChI is InChI=1S/C12H18FNO3S/c1-9(2)7-14(3)18(16,17)11-4-5-12(13)10(6-11)8-15/h4-6,9,15H,7-8H2,1-3H3. The molecule has 0 fully saturated rings. The normalized spacial score (nSPS) is 12.4. The van der Waals surface area contributed by atoms with Gasteiger partial charge in [0.25, 0.3) is 0 Å². The van der Waals surface area contributed by atoms with Crippen molar-refractivity contribution in [2.75, 3.05) is 13.6 Å². The molecule has 0 radical (unpaired) electrons. The topological polar surface area (TPSA) is 57.6 Å². The Morgan fingerprint density at radius 1 is 1.39 bits per heavy atom. The van der Waals surface area contributed by atoms with Crippen molar-refractivity contribution >= 4 is 10.0 Å². The van der Waals surface area contributed by atoms with Crippen LogP contribution in [-0.2, 0) is 16.6 Å². The van der Waals surface area contributed by atoms with Gasteiger partial charge < -0.3 is 5.11 Å². The molecule has 0 aliphatic rings. The number of hydrogen-bond donors (Lipinski definition) is 1. The maximum absolute atomic E-state index is 13.2. The second kappa shape index (κ2) is 5.77. The number of hydrogen-bond acceptors (Lipinski definition) is 3. The Hall–Kier alpha value is -0.980. The monoisotopic (exact) mass is 275 g/mol. The van der Waals surface area contributed by atoms with Crippen LogP contribution in [0.25, 0.3) is 0 Å². The Morgan fingerprint density at radius 2 is 2.00 bits per heavy atom. The highest BCUT2D eigenvalue weighted by Crippen LogP contribution is 2.19. The smallest absolute Gasteiger partial charge is 0.242 e. The van der Waals surface area contributed by atoms with Crippen molar-refractivity contribution in [1.82, 2.24) is 4.31 Å². The first kappa shape index (κ1) is 15.1. The van der Waals surface area contributed by atoms with Crippen LogP contribution < -0.4 is 0 Å². The summed E-state index contributed by atoms with van der Waals surface area (Å²) in [7, 11) is -2.14. The summed E-state index contributed by atoms with van der Waals surface area (Å²) >= 11 is 0. The summed E-state index contributed by atoms with van der Waals surface area (Å²) in [6, 6.07) is 3.43. The molecule has 0 bridgehead atoms. The van der Waals surface area contributed by atoms with E-state index in [2.05, 4.69) is 0 Å². The van der Waals surface area contributed by atoms with Gasteiger partial charge in [-0.25, -0.2) is 17.1 Å². The Kier molecular flexibility index (Phi) is 4.84. The minimum Gasteiger partial charge on any atom is -0.392 e. The summed E-state index contributed by atoms with van der Waals surface area (Å²) < 4.78 is 38.8. The van der Waals surface area contributed by atoms with Gasteiger partial charge in [-0.3, -0.25) is 0 Å². The molecule has 1 rings (SSSR count). The molecule has 1 N–H and O–H groups in total. The van der Waals surface area contributed by atoms with Crippen molar-refractivity contribution in [2.45, 2.75) is 25.3 Å². The molecule has 0 atom stereocenters. The fourth-order valence-electron chi connectivity index (χ4n) is 1.63. The summed E-state index contributed by atoms with van der Waals surface area (Å²) in [5, 5.41) is 8.94. The lowest BCUT2D eigenvalue weighted by atomic mass is 10.2. The Balaban J connectivity index is 3.12. The maximum Gasteiger partial charge on any atom is 0.242 e. The quantitative estimate of drug-likeness (QED) is 0.888. The molecule has 0 aliphatic heterocycles. The van der Waals surface area contributed by atoms with Crippen LogP contribution >= 0.6 is 0 Å². The van der Waals surface area contributed by atoms with Crippen LogP contribution in [0.5, 0.6) is 0 Å². The predicted octanol–water partition coefficient (Wildman–Crippen LogP) is 1.59. The molecule has 0 saturated heterocycles. The lowest BCUT2D eigenvalue weighted by molar-refractivity contribution is 0.275. The van der Waals surface area contributed by atoms with Crippen LogP contribution in [0.1, 0.15) is 19.4 Å². The van der Waals surface area contributed by atoms with E-state index in [1.807, 2.05) is 13.8 Å². The molecule has 0 aliphatic carbocycles. The third-order valence-electron chi connectivity index (χ3n) is 2.52. The Morgan fingerprint density at radius 3 is 2.50 bits per heavy atom. The number of aliphatic hydroxyl groups excluding tert-OH is 1. The maximum atomic E-state index is 13.2. The Labute approximate surface area is 107 Å². The molecular weight excluding hydrogens is 257 g/mol. The molecule has 102 valence electrons. The molecule has 0 aromatic heterocycles. The van der Waals surface area contributed by atoms with E-state index in [1.54, 1.807) is 0 Å². The van der Waals surface area contributed by atoms with Crippen molar-refractivity contribution < 1.29 is 17.9 Å². The fourth-order valence-corrected chi connectivity index (χ4v) is 3.01. The number of halogens is 1. The summed E-state index contributed by atoms with van der Waals surface area (Å²) in [6.45, 7) is 3.68. The van der Waals surface area contributed by atoms with E-state index in [-0.39, 0.29) is 16.4 Å². The van der Waals surface area contributed by atoms with E-state index in [4.69, 9.17) is 5.11 Å². The van der Waals surface area contributed by atoms with Gasteiger partial charge in [-0.2, -0.15) is 0 Å². The lowest BCUT2D eigenvalue weighted by Crippen LogP contribution is -2.30. The molecule has 0 spiro atoms. The van der Waals surface area contributed by atoms with Crippen LogP contribution in [0.4, 0.5) is 4.39 Å². The predicted molar refractivity (Wildman–Crippen MR) is 67.0 cm³/mol. The molecular formula is C12H18FNO3S. The number of rotatable bonds is 5. The first-order valence-electron chi connectivity index (χ1n) is 5.64. The second-order valence-electron chi connectivity index (χ2n) is 4.59. The molecule has 18 heavy (non-hydrogen) atoms. The highest BCUT2D eigenvalue weighted by Gasteiger charge is 2.22. The van der Waals surface area contributed by atoms with Gasteiger partial charge in [0.2, 0.25) is 10.0 Å². The van der Waals surface area contributed by atoms with Gasteiger partial charge in [0.15, 0.2) is 0 Å². The number of nitrogens with zero attached hydrogens (tertiary/aromatic N) is 1. The molecule has 0 unspecified atom stereocenters. The van der Waals surface area contributed by atoms with E-state index in [0.717, 1.165) is 6.07 Å². The number of benzene rings is 1. The van der Waals surface area contributed by atoms with Gasteiger partial charge in [-0.05, 0) is 24.1 Å². The molecule has 1 aromatic carbocycles. The minimum atomic E-state index is -3.63. The summed E-state index contributed by atoms with van der Waals surface area (Å²) in [6.07, 6.45) is 0. The molecule has 1 aromatic rings. The van der Waals surface area contributed by atoms with E-state index in [1.165, 1.54) is 23.5 Å². The van der Waals surface area contributed by atoms with Gasteiger partial charge in [-0.15, -0.1) is 0 Å². The molecule has 4 nitrogen and oxygen atoms in total. The van der Waals surface area contributed by atoms with E-state index in [0.29, 0.717) is 6.54 Å². The van der Waals surface area contributed by atoms with Crippen LogP contribution in [0.2, 0.25) is 0 Å². The van der Waals surface area contributed by atoms with E-state index < -0.39 is 22.4 Å². The molecule has 0 amide bonds. The van der Waals surface area contributed by atoms with Crippen LogP contribution in [-0.4, -0.2) is 31.4 Å². The summed E-state index contributed by atoms with van der Waals surface area (Å²) in [4.78, 5) is -0.00361. The molecule has 0 saturated carbocycles. The zero-order valence-corrected chi connectivity index (χ0v) is 11.5. The van der Waals surface area contributed by atoms with Crippen LogP contribution in [0, 0.1) is 11.7 Å². The van der Waals surface area contributed by atoms with Gasteiger partial charge >= 0.3 is 0 Å². The SMILES string of the molecule is CC(C)CN(C)S(=O)(=O)c1ccc(F)c(CO)c1. The first-order chi connectivity index (χ1) is 8.28. The second-order valence-corrected chi connectivity index (χ2v) is 6.64. The van der Waals surface area contributed by atoms with Crippen LogP contribution in [0.15, 0.2) is 23.1 Å². The average Bonchev–Trinajstić information content (AvgIpc) is 2.28. The largest absolute Gasteiger partial charge is 0.392 e. The van der Waals surface area contributed by atoms with Crippen molar-refractivity contribution in [3.63, 3.8) is 0 Å². The van der Waals surface area contributed by atoms with Crippen molar-refractivity contribution in [3.05, 3.63) is 29.6 Å². The van der Waals surface area contributed by atoms with Crippen LogP contribution in [0.3, 0.4) is 0 Å². The van der Waals surface area contributed by atoms with E-state index >= 15 is 0 Å². The lowest BCUT2D eigenvalue weighted by Gasteiger charge is -2.19. The van der Waals surface area contributed by atoms with Crippen molar-refractivity contribution in [2.24, 2.45) is 5.92 Å². The summed E-state index contributed by atoms with van der Waals surface area (Å²) in [5.74, 6) is -0.412.